The molecule has 0 aliphatic heterocycles. The predicted octanol–water partition coefficient (Wildman–Crippen LogP) is -2.99. The van der Waals surface area contributed by atoms with Crippen LogP contribution in [0.4, 0.5) is 0 Å². The Morgan fingerprint density at radius 2 is 0.413 bits per heavy atom. The van der Waals surface area contributed by atoms with Crippen LogP contribution >= 0.6 is 0 Å². The van der Waals surface area contributed by atoms with Crippen LogP contribution in [-0.4, -0.2) is 176 Å². The Morgan fingerprint density at radius 1 is 0.283 bits per heavy atom. The minimum Gasteiger partial charge on any atom is -0.359 e. The molecule has 0 aromatic carbocycles. The van der Waals surface area contributed by atoms with E-state index < -0.39 is 0 Å². The van der Waals surface area contributed by atoms with Gasteiger partial charge in [0.05, 0.1) is 0 Å². The zero-order chi connectivity index (χ0) is 34.7. The van der Waals surface area contributed by atoms with E-state index in [0.717, 1.165) is 0 Å². The molecule has 266 valence electrons. The number of hydrogen-bond acceptors (Lipinski definition) is 10. The lowest BCUT2D eigenvalue weighted by Gasteiger charge is -2.31. The summed E-state index contributed by atoms with van der Waals surface area (Å²) < 4.78 is 0. The predicted molar refractivity (Wildman–Crippen MR) is 178 cm³/mol. The summed E-state index contributed by atoms with van der Waals surface area (Å²) in [5, 5.41) is 15.9. The Hall–Kier alpha value is -3.34. The highest BCUT2D eigenvalue weighted by molar-refractivity contribution is 5.77. The number of hydrogen-bond donors (Lipinski definition) is 6. The minimum atomic E-state index is -0.0761. The fraction of sp³-hybridized carbons (Fsp3) is 0.800. The Bertz CT molecular complexity index is 811. The molecule has 0 saturated heterocycles. The Kier molecular flexibility index (Phi) is 24.9. The second-order valence-corrected chi connectivity index (χ2v) is 10.9. The van der Waals surface area contributed by atoms with Gasteiger partial charge in [0.25, 0.3) is 0 Å². The fourth-order valence-corrected chi connectivity index (χ4v) is 4.50. The number of carbonyl (C=O) groups is 6. The highest BCUT2D eigenvalue weighted by Crippen LogP contribution is 2.03. The van der Waals surface area contributed by atoms with Crippen molar-refractivity contribution >= 4 is 35.4 Å². The molecule has 0 bridgehead atoms. The number of nitrogens with one attached hydrogen (secondary N) is 6. The van der Waals surface area contributed by atoms with Crippen LogP contribution in [0.25, 0.3) is 0 Å². The van der Waals surface area contributed by atoms with Crippen molar-refractivity contribution in [3.05, 3.63) is 0 Å². The lowest BCUT2D eigenvalue weighted by molar-refractivity contribution is -0.122. The summed E-state index contributed by atoms with van der Waals surface area (Å²) in [4.78, 5) is 80.4. The van der Waals surface area contributed by atoms with E-state index in [4.69, 9.17) is 0 Å². The zero-order valence-corrected chi connectivity index (χ0v) is 29.0. The molecule has 16 heteroatoms. The lowest BCUT2D eigenvalue weighted by Crippen LogP contribution is -2.44. The molecule has 16 nitrogen and oxygen atoms in total. The largest absolute Gasteiger partial charge is 0.359 e. The van der Waals surface area contributed by atoms with Gasteiger partial charge < -0.3 is 51.5 Å². The van der Waals surface area contributed by atoms with Crippen molar-refractivity contribution in [3.8, 4) is 0 Å². The third-order valence-corrected chi connectivity index (χ3v) is 7.80. The highest BCUT2D eigenvalue weighted by atomic mass is 16.2. The molecule has 0 heterocycles. The van der Waals surface area contributed by atoms with Gasteiger partial charge >= 0.3 is 0 Å². The van der Waals surface area contributed by atoms with Gasteiger partial charge in [-0.05, 0) is 0 Å². The van der Waals surface area contributed by atoms with E-state index in [9.17, 15) is 28.8 Å². The molecule has 6 N–H and O–H groups in total. The van der Waals surface area contributed by atoms with Crippen molar-refractivity contribution in [2.75, 3.05) is 121 Å². The van der Waals surface area contributed by atoms with Crippen LogP contribution in [0.2, 0.25) is 0 Å². The summed E-state index contributed by atoms with van der Waals surface area (Å²) in [6.07, 6.45) is 1.88. The van der Waals surface area contributed by atoms with E-state index in [1.165, 1.54) is 0 Å². The first-order chi connectivity index (χ1) is 22.0. The Morgan fingerprint density at radius 3 is 0.543 bits per heavy atom. The normalized spacial score (nSPS) is 11.1. The van der Waals surface area contributed by atoms with Gasteiger partial charge in [-0.25, -0.2) is 0 Å². The van der Waals surface area contributed by atoms with Crippen LogP contribution in [0.5, 0.6) is 0 Å². The summed E-state index contributed by atoms with van der Waals surface area (Å²) >= 11 is 0. The molecule has 0 aromatic heterocycles. The fourth-order valence-electron chi connectivity index (χ4n) is 4.50. The number of nitrogens with zero attached hydrogens (tertiary/aromatic N) is 4. The smallest absolute Gasteiger partial charge is 0.221 e. The van der Waals surface area contributed by atoms with Crippen LogP contribution in [0, 0.1) is 0 Å². The molecule has 0 aliphatic carbocycles. The molecular weight excluding hydrogens is 596 g/mol. The molecule has 0 aromatic rings. The van der Waals surface area contributed by atoms with Crippen molar-refractivity contribution in [3.63, 3.8) is 0 Å². The first-order valence-corrected chi connectivity index (χ1v) is 16.1. The van der Waals surface area contributed by atoms with Gasteiger partial charge in [0.15, 0.2) is 0 Å². The average Bonchev–Trinajstić information content (AvgIpc) is 3.08. The molecular formula is C30H60N10O6. The molecule has 6 amide bonds. The number of rotatable bonds is 27. The summed E-state index contributed by atoms with van der Waals surface area (Å²) in [5.74, 6) is -0.442. The van der Waals surface area contributed by atoms with Crippen molar-refractivity contribution in [1.29, 1.82) is 0 Å². The van der Waals surface area contributed by atoms with Crippen molar-refractivity contribution in [2.24, 2.45) is 0 Å². The Balaban J connectivity index is 5.63. The van der Waals surface area contributed by atoms with Gasteiger partial charge in [0.1, 0.15) is 0 Å². The second kappa shape index (κ2) is 26.8. The standard InChI is InChI=1S/C30H60N10O6/c1-31-25(41)7-13-37(14-8-26(42)32-2)19-21-39(17-11-29(45)35-5)23-24-40(18-12-30(46)36-6)22-20-38(15-9-27(43)33-3)16-10-28(44)34-4/h7-24H2,1-6H3,(H,31,41)(H,32,42)(H,33,43)(H,34,44)(H,35,45)(H,36,46). The molecule has 0 unspecified atom stereocenters. The van der Waals surface area contributed by atoms with Crippen LogP contribution in [0.1, 0.15) is 38.5 Å². The van der Waals surface area contributed by atoms with Gasteiger partial charge in [-0.1, -0.05) is 0 Å². The van der Waals surface area contributed by atoms with Crippen LogP contribution in [0.3, 0.4) is 0 Å². The van der Waals surface area contributed by atoms with Crippen LogP contribution in [-0.2, 0) is 28.8 Å². The van der Waals surface area contributed by atoms with Gasteiger partial charge in [-0.2, -0.15) is 0 Å². The number of carbonyl (C=O) groups excluding carboxylic acids is 6. The summed E-state index contributed by atoms with van der Waals surface area (Å²) in [6, 6.07) is 0. The molecule has 0 atom stereocenters. The van der Waals surface area contributed by atoms with Gasteiger partial charge in [-0.3, -0.25) is 28.8 Å². The van der Waals surface area contributed by atoms with Crippen LogP contribution in [0.15, 0.2) is 0 Å². The summed E-state index contributed by atoms with van der Waals surface area (Å²) in [6.45, 7) is 6.73. The Labute approximate surface area is 275 Å². The third kappa shape index (κ3) is 22.2. The minimum absolute atomic E-state index is 0.0690. The third-order valence-electron chi connectivity index (χ3n) is 7.80. The molecule has 0 fully saturated rings. The molecule has 0 rings (SSSR count). The quantitative estimate of drug-likeness (QED) is 0.0533. The maximum atomic E-state index is 12.1. The topological polar surface area (TPSA) is 188 Å². The summed E-state index contributed by atoms with van der Waals surface area (Å²) in [7, 11) is 9.58. The molecule has 0 spiro atoms. The molecule has 0 saturated carbocycles. The van der Waals surface area contributed by atoms with Crippen molar-refractivity contribution < 1.29 is 28.8 Å². The van der Waals surface area contributed by atoms with Crippen molar-refractivity contribution in [1.82, 2.24) is 51.5 Å². The molecule has 46 heavy (non-hydrogen) atoms. The average molecular weight is 657 g/mol. The molecule has 0 radical (unpaired) electrons. The molecule has 0 aliphatic rings. The van der Waals surface area contributed by atoms with Crippen LogP contribution < -0.4 is 31.9 Å². The van der Waals surface area contributed by atoms with E-state index in [0.29, 0.717) is 117 Å². The first kappa shape index (κ1) is 42.7. The highest BCUT2D eigenvalue weighted by Gasteiger charge is 2.17. The van der Waals surface area contributed by atoms with E-state index in [2.05, 4.69) is 51.5 Å². The number of amides is 6. The van der Waals surface area contributed by atoms with Gasteiger partial charge in [-0.15, -0.1) is 0 Å². The maximum Gasteiger partial charge on any atom is 0.221 e. The second-order valence-electron chi connectivity index (χ2n) is 10.9. The van der Waals surface area contributed by atoms with E-state index >= 15 is 0 Å². The zero-order valence-electron chi connectivity index (χ0n) is 29.0. The lowest BCUT2D eigenvalue weighted by atomic mass is 10.2. The summed E-state index contributed by atoms with van der Waals surface area (Å²) in [5.41, 5.74) is 0. The van der Waals surface area contributed by atoms with E-state index in [1.54, 1.807) is 42.3 Å². The van der Waals surface area contributed by atoms with E-state index in [-0.39, 0.29) is 35.4 Å². The SMILES string of the molecule is CNC(=O)CCN(CCC(=O)NC)CCN(CCC(=O)NC)CCN(CCC(=O)NC)CCN(CCC(=O)NC)CCC(=O)NC. The monoisotopic (exact) mass is 656 g/mol. The van der Waals surface area contributed by atoms with Crippen molar-refractivity contribution in [2.45, 2.75) is 38.5 Å². The van der Waals surface area contributed by atoms with E-state index in [1.807, 2.05) is 0 Å². The maximum absolute atomic E-state index is 12.1. The van der Waals surface area contributed by atoms with Gasteiger partial charge in [0, 0.05) is 159 Å². The first-order valence-electron chi connectivity index (χ1n) is 16.1. The van der Waals surface area contributed by atoms with Gasteiger partial charge in [0.2, 0.25) is 35.4 Å².